The van der Waals surface area contributed by atoms with E-state index in [0.29, 0.717) is 23.9 Å². The molecule has 0 radical (unpaired) electrons. The molecular weight excluding hydrogens is 236 g/mol. The predicted molar refractivity (Wildman–Crippen MR) is 77.0 cm³/mol. The summed E-state index contributed by atoms with van der Waals surface area (Å²) in [5.41, 5.74) is 0. The Labute approximate surface area is 117 Å². The minimum atomic E-state index is 0.453. The van der Waals surface area contributed by atoms with Crippen LogP contribution in [0.4, 0.5) is 0 Å². The molecule has 3 nitrogen and oxygen atoms in total. The largest absolute Gasteiger partial charge is 0.338 e. The number of carbonyl (C=O) groups is 1. The number of hydrogen-bond donors (Lipinski definition) is 0. The minimum Gasteiger partial charge on any atom is -0.338 e. The Bertz CT molecular complexity index is 325. The smallest absolute Gasteiger partial charge is 0.223 e. The Balaban J connectivity index is 1.60. The highest BCUT2D eigenvalue weighted by molar-refractivity contribution is 5.77. The molecule has 0 bridgehead atoms. The summed E-state index contributed by atoms with van der Waals surface area (Å²) in [6, 6.07) is 1.15. The van der Waals surface area contributed by atoms with Crippen LogP contribution in [0.15, 0.2) is 0 Å². The van der Waals surface area contributed by atoms with Gasteiger partial charge in [-0.3, -0.25) is 4.79 Å². The lowest BCUT2D eigenvalue weighted by molar-refractivity contribution is -0.134. The molecule has 0 N–H and O–H groups in total. The zero-order chi connectivity index (χ0) is 13.2. The van der Waals surface area contributed by atoms with Gasteiger partial charge in [-0.05, 0) is 58.0 Å². The number of hydrogen-bond acceptors (Lipinski definition) is 2. The zero-order valence-corrected chi connectivity index (χ0v) is 12.3. The summed E-state index contributed by atoms with van der Waals surface area (Å²) in [6.07, 6.45) is 11.1. The Morgan fingerprint density at radius 3 is 2.32 bits per heavy atom. The van der Waals surface area contributed by atoms with Gasteiger partial charge in [0.05, 0.1) is 0 Å². The van der Waals surface area contributed by atoms with E-state index in [1.54, 1.807) is 0 Å². The molecule has 3 heteroatoms. The van der Waals surface area contributed by atoms with E-state index < -0.39 is 0 Å². The van der Waals surface area contributed by atoms with Gasteiger partial charge in [0, 0.05) is 25.0 Å². The number of amides is 1. The van der Waals surface area contributed by atoms with E-state index in [2.05, 4.69) is 16.8 Å². The lowest BCUT2D eigenvalue weighted by Crippen LogP contribution is -2.47. The number of likely N-dealkylation sites (N-methyl/N-ethyl adjacent to an activating group) is 1. The van der Waals surface area contributed by atoms with Crippen molar-refractivity contribution in [2.24, 2.45) is 5.92 Å². The summed E-state index contributed by atoms with van der Waals surface area (Å²) < 4.78 is 0. The standard InChI is InChI=1S/C16H28N2O/c1-17-10-4-8-14(17)15-9-5-11-18(15)16(19)12-13-6-2-3-7-13/h13-15H,2-12H2,1H3/t14-,15-/m1/s1. The van der Waals surface area contributed by atoms with E-state index >= 15 is 0 Å². The summed E-state index contributed by atoms with van der Waals surface area (Å²) in [6.45, 7) is 2.23. The maximum absolute atomic E-state index is 12.6. The van der Waals surface area contributed by atoms with Crippen LogP contribution in [-0.4, -0.2) is 47.9 Å². The third-order valence-electron chi connectivity index (χ3n) is 5.58. The highest BCUT2D eigenvalue weighted by Gasteiger charge is 2.38. The molecule has 2 atom stereocenters. The molecule has 3 rings (SSSR count). The topological polar surface area (TPSA) is 23.6 Å². The van der Waals surface area contributed by atoms with E-state index in [4.69, 9.17) is 0 Å². The lowest BCUT2D eigenvalue weighted by Gasteiger charge is -2.33. The number of likely N-dealkylation sites (tertiary alicyclic amines) is 2. The maximum atomic E-state index is 12.6. The maximum Gasteiger partial charge on any atom is 0.223 e. The Kier molecular flexibility index (Phi) is 4.11. The van der Waals surface area contributed by atoms with Crippen LogP contribution in [0, 0.1) is 5.92 Å². The second kappa shape index (κ2) is 5.82. The van der Waals surface area contributed by atoms with Crippen molar-refractivity contribution in [1.29, 1.82) is 0 Å². The average Bonchev–Trinajstić information content (AvgIpc) is 3.07. The first-order chi connectivity index (χ1) is 9.25. The molecule has 2 heterocycles. The highest BCUT2D eigenvalue weighted by atomic mass is 16.2. The quantitative estimate of drug-likeness (QED) is 0.782. The van der Waals surface area contributed by atoms with Gasteiger partial charge in [0.2, 0.25) is 5.91 Å². The van der Waals surface area contributed by atoms with Gasteiger partial charge in [-0.15, -0.1) is 0 Å². The van der Waals surface area contributed by atoms with E-state index in [9.17, 15) is 4.79 Å². The van der Waals surface area contributed by atoms with Gasteiger partial charge in [-0.25, -0.2) is 0 Å². The lowest BCUT2D eigenvalue weighted by atomic mass is 10.0. The summed E-state index contributed by atoms with van der Waals surface area (Å²) in [5, 5.41) is 0. The summed E-state index contributed by atoms with van der Waals surface area (Å²) in [4.78, 5) is 17.3. The van der Waals surface area contributed by atoms with Gasteiger partial charge in [0.1, 0.15) is 0 Å². The SMILES string of the molecule is CN1CCC[C@@H]1[C@H]1CCCN1C(=O)CC1CCCC1. The van der Waals surface area contributed by atoms with Crippen LogP contribution >= 0.6 is 0 Å². The molecule has 1 aliphatic carbocycles. The molecule has 1 amide bonds. The second-order valence-electron chi connectivity index (χ2n) is 6.84. The first-order valence-corrected chi connectivity index (χ1v) is 8.25. The Morgan fingerprint density at radius 2 is 1.63 bits per heavy atom. The van der Waals surface area contributed by atoms with Crippen molar-refractivity contribution in [2.75, 3.05) is 20.1 Å². The molecular formula is C16H28N2O. The van der Waals surface area contributed by atoms with Gasteiger partial charge in [0.25, 0.3) is 0 Å². The van der Waals surface area contributed by atoms with Crippen LogP contribution in [0.25, 0.3) is 0 Å². The molecule has 0 aromatic heterocycles. The molecule has 0 aromatic carbocycles. The van der Waals surface area contributed by atoms with E-state index in [-0.39, 0.29) is 0 Å². The number of nitrogens with zero attached hydrogens (tertiary/aromatic N) is 2. The number of rotatable bonds is 3. The monoisotopic (exact) mass is 264 g/mol. The van der Waals surface area contributed by atoms with Crippen molar-refractivity contribution in [3.8, 4) is 0 Å². The first-order valence-electron chi connectivity index (χ1n) is 8.25. The van der Waals surface area contributed by atoms with Crippen LogP contribution in [0.3, 0.4) is 0 Å². The summed E-state index contributed by atoms with van der Waals surface area (Å²) in [5.74, 6) is 1.14. The fraction of sp³-hybridized carbons (Fsp3) is 0.938. The van der Waals surface area contributed by atoms with Crippen LogP contribution in [0.2, 0.25) is 0 Å². The Hall–Kier alpha value is -0.570. The Morgan fingerprint density at radius 1 is 0.947 bits per heavy atom. The molecule has 1 saturated carbocycles. The molecule has 2 aliphatic heterocycles. The van der Waals surface area contributed by atoms with Crippen molar-refractivity contribution in [2.45, 2.75) is 69.9 Å². The highest BCUT2D eigenvalue weighted by Crippen LogP contribution is 2.32. The molecule has 3 fully saturated rings. The van der Waals surface area contributed by atoms with Crippen LogP contribution in [0.1, 0.15) is 57.8 Å². The van der Waals surface area contributed by atoms with E-state index in [0.717, 1.165) is 13.0 Å². The van der Waals surface area contributed by atoms with Crippen molar-refractivity contribution in [1.82, 2.24) is 9.80 Å². The normalized spacial score (nSPS) is 33.4. The molecule has 0 spiro atoms. The van der Waals surface area contributed by atoms with Crippen molar-refractivity contribution in [3.05, 3.63) is 0 Å². The first kappa shape index (κ1) is 13.4. The third-order valence-corrected chi connectivity index (χ3v) is 5.58. The molecule has 2 saturated heterocycles. The molecule has 0 aromatic rings. The number of carbonyl (C=O) groups excluding carboxylic acids is 1. The van der Waals surface area contributed by atoms with Crippen molar-refractivity contribution >= 4 is 5.91 Å². The second-order valence-corrected chi connectivity index (χ2v) is 6.84. The molecule has 0 unspecified atom stereocenters. The van der Waals surface area contributed by atoms with Crippen LogP contribution < -0.4 is 0 Å². The minimum absolute atomic E-state index is 0.453. The van der Waals surface area contributed by atoms with Gasteiger partial charge in [-0.2, -0.15) is 0 Å². The van der Waals surface area contributed by atoms with Gasteiger partial charge < -0.3 is 9.80 Å². The van der Waals surface area contributed by atoms with Crippen molar-refractivity contribution < 1.29 is 4.79 Å². The predicted octanol–water partition coefficient (Wildman–Crippen LogP) is 2.65. The third kappa shape index (κ3) is 2.81. The summed E-state index contributed by atoms with van der Waals surface area (Å²) in [7, 11) is 2.23. The van der Waals surface area contributed by atoms with Crippen LogP contribution in [-0.2, 0) is 4.79 Å². The van der Waals surface area contributed by atoms with Crippen LogP contribution in [0.5, 0.6) is 0 Å². The fourth-order valence-electron chi connectivity index (χ4n) is 4.50. The molecule has 108 valence electrons. The van der Waals surface area contributed by atoms with Gasteiger partial charge in [-0.1, -0.05) is 12.8 Å². The van der Waals surface area contributed by atoms with Crippen molar-refractivity contribution in [3.63, 3.8) is 0 Å². The summed E-state index contributed by atoms with van der Waals surface area (Å²) >= 11 is 0. The molecule has 3 aliphatic rings. The average molecular weight is 264 g/mol. The molecule has 19 heavy (non-hydrogen) atoms. The van der Waals surface area contributed by atoms with Gasteiger partial charge >= 0.3 is 0 Å². The zero-order valence-electron chi connectivity index (χ0n) is 12.3. The van der Waals surface area contributed by atoms with Gasteiger partial charge in [0.15, 0.2) is 0 Å². The van der Waals surface area contributed by atoms with E-state index in [1.165, 1.54) is 57.9 Å². The van der Waals surface area contributed by atoms with E-state index in [1.807, 2.05) is 0 Å². The fourth-order valence-corrected chi connectivity index (χ4v) is 4.50.